The molecule has 1 saturated heterocycles. The Kier molecular flexibility index (Phi) is 4.88. The lowest BCUT2D eigenvalue weighted by Gasteiger charge is -2.25. The largest absolute Gasteiger partial charge is 0.481 e. The molecule has 2 aliphatic rings. The molecule has 132 valence electrons. The second kappa shape index (κ2) is 7.09. The summed E-state index contributed by atoms with van der Waals surface area (Å²) in [6, 6.07) is 5.46. The number of nitrogens with one attached hydrogen (secondary N) is 1. The van der Waals surface area contributed by atoms with Crippen LogP contribution in [-0.4, -0.2) is 29.4 Å². The van der Waals surface area contributed by atoms with E-state index in [2.05, 4.69) is 5.32 Å². The lowest BCUT2D eigenvalue weighted by molar-refractivity contribution is -0.146. The van der Waals surface area contributed by atoms with E-state index in [9.17, 15) is 19.5 Å². The Labute approximate surface area is 146 Å². The zero-order valence-electron chi connectivity index (χ0n) is 14.2. The summed E-state index contributed by atoms with van der Waals surface area (Å²) in [5.41, 5.74) is 2.25. The smallest absolute Gasteiger partial charge is 0.307 e. The number of benzene rings is 1. The van der Waals surface area contributed by atoms with Gasteiger partial charge in [-0.3, -0.25) is 14.4 Å². The fourth-order valence-electron chi connectivity index (χ4n) is 3.56. The Hall–Kier alpha value is -2.63. The van der Waals surface area contributed by atoms with Crippen LogP contribution in [0.4, 0.5) is 11.4 Å². The lowest BCUT2D eigenvalue weighted by Crippen LogP contribution is -2.35. The Morgan fingerprint density at radius 1 is 1.20 bits per heavy atom. The van der Waals surface area contributed by atoms with Crippen LogP contribution in [0.1, 0.15) is 31.2 Å². The van der Waals surface area contributed by atoms with Gasteiger partial charge in [0.2, 0.25) is 11.8 Å². The summed E-state index contributed by atoms with van der Waals surface area (Å²) in [5, 5.41) is 12.2. The van der Waals surface area contributed by atoms with Gasteiger partial charge in [0.25, 0.3) is 0 Å². The van der Waals surface area contributed by atoms with Crippen LogP contribution < -0.4 is 10.2 Å². The van der Waals surface area contributed by atoms with Gasteiger partial charge in [-0.1, -0.05) is 18.2 Å². The molecule has 0 aromatic heterocycles. The summed E-state index contributed by atoms with van der Waals surface area (Å²) in [4.78, 5) is 37.8. The first-order chi connectivity index (χ1) is 12.0. The Bertz CT molecular complexity index is 741. The van der Waals surface area contributed by atoms with E-state index in [4.69, 9.17) is 0 Å². The molecule has 1 heterocycles. The third-order valence-corrected chi connectivity index (χ3v) is 5.01. The lowest BCUT2D eigenvalue weighted by atomic mass is 9.82. The van der Waals surface area contributed by atoms with Crippen molar-refractivity contribution < 1.29 is 19.5 Å². The SMILES string of the molecule is Cc1c(NC(=O)C2CC=CCC2C(=O)O)cccc1N1CCCC1=O. The number of anilines is 2. The highest BCUT2D eigenvalue weighted by Gasteiger charge is 2.34. The van der Waals surface area contributed by atoms with E-state index < -0.39 is 17.8 Å². The second-order valence-electron chi connectivity index (χ2n) is 6.58. The van der Waals surface area contributed by atoms with Gasteiger partial charge in [-0.05, 0) is 43.9 Å². The fourth-order valence-corrected chi connectivity index (χ4v) is 3.56. The number of allylic oxidation sites excluding steroid dienone is 2. The molecule has 0 saturated carbocycles. The maximum Gasteiger partial charge on any atom is 0.307 e. The normalized spacial score (nSPS) is 22.9. The van der Waals surface area contributed by atoms with Gasteiger partial charge in [0.15, 0.2) is 0 Å². The van der Waals surface area contributed by atoms with Crippen LogP contribution in [0.3, 0.4) is 0 Å². The van der Waals surface area contributed by atoms with Crippen molar-refractivity contribution in [2.75, 3.05) is 16.8 Å². The maximum atomic E-state index is 12.6. The van der Waals surface area contributed by atoms with Crippen molar-refractivity contribution in [1.82, 2.24) is 0 Å². The number of aliphatic carboxylic acids is 1. The van der Waals surface area contributed by atoms with Crippen LogP contribution in [0.2, 0.25) is 0 Å². The van der Waals surface area contributed by atoms with E-state index in [-0.39, 0.29) is 11.8 Å². The first-order valence-electron chi connectivity index (χ1n) is 8.57. The third-order valence-electron chi connectivity index (χ3n) is 5.01. The number of rotatable bonds is 4. The zero-order chi connectivity index (χ0) is 18.0. The van der Waals surface area contributed by atoms with Crippen LogP contribution in [0.15, 0.2) is 30.4 Å². The molecular formula is C19H22N2O4. The van der Waals surface area contributed by atoms with Crippen molar-refractivity contribution >= 4 is 29.2 Å². The minimum absolute atomic E-state index is 0.0925. The van der Waals surface area contributed by atoms with Gasteiger partial charge in [0.05, 0.1) is 11.8 Å². The van der Waals surface area contributed by atoms with Crippen molar-refractivity contribution in [3.05, 3.63) is 35.9 Å². The van der Waals surface area contributed by atoms with Gasteiger partial charge < -0.3 is 15.3 Å². The molecule has 1 aromatic carbocycles. The van der Waals surface area contributed by atoms with Gasteiger partial charge in [0.1, 0.15) is 0 Å². The molecule has 2 amide bonds. The highest BCUT2D eigenvalue weighted by molar-refractivity contribution is 5.99. The first-order valence-corrected chi connectivity index (χ1v) is 8.57. The minimum atomic E-state index is -0.947. The number of carbonyl (C=O) groups excluding carboxylic acids is 2. The predicted molar refractivity (Wildman–Crippen MR) is 94.4 cm³/mol. The summed E-state index contributed by atoms with van der Waals surface area (Å²) in [6.45, 7) is 2.55. The summed E-state index contributed by atoms with van der Waals surface area (Å²) < 4.78 is 0. The number of hydrogen-bond acceptors (Lipinski definition) is 3. The van der Waals surface area contributed by atoms with E-state index in [1.165, 1.54) is 0 Å². The molecule has 2 N–H and O–H groups in total. The van der Waals surface area contributed by atoms with Gasteiger partial charge >= 0.3 is 5.97 Å². The molecule has 25 heavy (non-hydrogen) atoms. The monoisotopic (exact) mass is 342 g/mol. The standard InChI is InChI=1S/C19H22N2O4/c1-12-15(8-4-9-16(12)21-11-5-10-17(21)22)20-18(23)13-6-2-3-7-14(13)19(24)25/h2-4,8-9,13-14H,5-7,10-11H2,1H3,(H,20,23)(H,24,25). The molecule has 3 rings (SSSR count). The number of carbonyl (C=O) groups is 3. The van der Waals surface area contributed by atoms with Gasteiger partial charge in [0, 0.05) is 24.3 Å². The van der Waals surface area contributed by atoms with E-state index in [0.717, 1.165) is 17.7 Å². The molecular weight excluding hydrogens is 320 g/mol. The van der Waals surface area contributed by atoms with E-state index in [1.807, 2.05) is 25.1 Å². The quantitative estimate of drug-likeness (QED) is 0.824. The summed E-state index contributed by atoms with van der Waals surface area (Å²) in [5.74, 6) is -2.43. The molecule has 0 bridgehead atoms. The molecule has 2 unspecified atom stereocenters. The van der Waals surface area contributed by atoms with Crippen molar-refractivity contribution in [1.29, 1.82) is 0 Å². The Balaban J connectivity index is 1.81. The van der Waals surface area contributed by atoms with E-state index in [0.29, 0.717) is 31.5 Å². The van der Waals surface area contributed by atoms with Crippen LogP contribution in [0, 0.1) is 18.8 Å². The molecule has 2 atom stereocenters. The highest BCUT2D eigenvalue weighted by Crippen LogP contribution is 2.32. The predicted octanol–water partition coefficient (Wildman–Crippen LogP) is 2.73. The van der Waals surface area contributed by atoms with Crippen LogP contribution in [-0.2, 0) is 14.4 Å². The molecule has 1 aliphatic carbocycles. The molecule has 1 aromatic rings. The van der Waals surface area contributed by atoms with Crippen LogP contribution >= 0.6 is 0 Å². The van der Waals surface area contributed by atoms with Crippen molar-refractivity contribution in [3.63, 3.8) is 0 Å². The van der Waals surface area contributed by atoms with Crippen molar-refractivity contribution in [3.8, 4) is 0 Å². The summed E-state index contributed by atoms with van der Waals surface area (Å²) >= 11 is 0. The Morgan fingerprint density at radius 3 is 2.56 bits per heavy atom. The molecule has 6 nitrogen and oxygen atoms in total. The first kappa shape index (κ1) is 17.2. The third kappa shape index (κ3) is 3.43. The molecule has 6 heteroatoms. The minimum Gasteiger partial charge on any atom is -0.481 e. The second-order valence-corrected chi connectivity index (χ2v) is 6.58. The number of carboxylic acid groups (broad SMARTS) is 1. The average Bonchev–Trinajstić information content (AvgIpc) is 3.02. The van der Waals surface area contributed by atoms with Gasteiger partial charge in [-0.25, -0.2) is 0 Å². The summed E-state index contributed by atoms with van der Waals surface area (Å²) in [7, 11) is 0. The molecule has 0 radical (unpaired) electrons. The van der Waals surface area contributed by atoms with Crippen molar-refractivity contribution in [2.45, 2.75) is 32.6 Å². The van der Waals surface area contributed by atoms with Crippen LogP contribution in [0.25, 0.3) is 0 Å². The topological polar surface area (TPSA) is 86.7 Å². The average molecular weight is 342 g/mol. The molecule has 1 fully saturated rings. The zero-order valence-corrected chi connectivity index (χ0v) is 14.2. The molecule has 0 spiro atoms. The highest BCUT2D eigenvalue weighted by atomic mass is 16.4. The number of amides is 2. The summed E-state index contributed by atoms with van der Waals surface area (Å²) in [6.07, 6.45) is 5.85. The number of carboxylic acids is 1. The van der Waals surface area contributed by atoms with Gasteiger partial charge in [-0.15, -0.1) is 0 Å². The maximum absolute atomic E-state index is 12.6. The molecule has 1 aliphatic heterocycles. The van der Waals surface area contributed by atoms with Crippen molar-refractivity contribution in [2.24, 2.45) is 11.8 Å². The number of hydrogen-bond donors (Lipinski definition) is 2. The van der Waals surface area contributed by atoms with Gasteiger partial charge in [-0.2, -0.15) is 0 Å². The van der Waals surface area contributed by atoms with E-state index >= 15 is 0 Å². The fraction of sp³-hybridized carbons (Fsp3) is 0.421. The number of nitrogens with zero attached hydrogens (tertiary/aromatic N) is 1. The van der Waals surface area contributed by atoms with E-state index in [1.54, 1.807) is 17.0 Å². The van der Waals surface area contributed by atoms with Crippen LogP contribution in [0.5, 0.6) is 0 Å². The Morgan fingerprint density at radius 2 is 1.92 bits per heavy atom.